The molecule has 0 unspecified atom stereocenters. The van der Waals surface area contributed by atoms with Crippen LogP contribution in [0.25, 0.3) is 0 Å². The summed E-state index contributed by atoms with van der Waals surface area (Å²) >= 11 is 1.30. The number of amides is 1. The van der Waals surface area contributed by atoms with Gasteiger partial charge in [0, 0.05) is 44.6 Å². The molecule has 0 saturated carbocycles. The van der Waals surface area contributed by atoms with Crippen molar-refractivity contribution >= 4 is 45.4 Å². The number of carboxylic acid groups (broad SMARTS) is 1. The van der Waals surface area contributed by atoms with Crippen molar-refractivity contribution in [2.75, 3.05) is 31.3 Å². The fourth-order valence-electron chi connectivity index (χ4n) is 4.55. The van der Waals surface area contributed by atoms with Gasteiger partial charge in [0.25, 0.3) is 0 Å². The molecule has 2 heterocycles. The molecule has 2 aliphatic rings. The van der Waals surface area contributed by atoms with E-state index in [0.717, 1.165) is 35.3 Å². The summed E-state index contributed by atoms with van der Waals surface area (Å²) in [5, 5.41) is 18.7. The van der Waals surface area contributed by atoms with Crippen LogP contribution in [0.2, 0.25) is 0 Å². The standard InChI is InChI=1S/C28H35N5O6S2/c34-22(6-4-13-29-28-30-14-5-15-31-28)16-20-9-11-21(12-10-20)17-24(27(36)37)32-26(35)25-18-40-19-33(25)41(38,39)23-7-2-1-3-8-23/h1-3,7-12,24-25H,4-6,13-19H2,(H,32,35)(H,36,37)(H2,29,30,31)/t24-,25-/m0/s1. The van der Waals surface area contributed by atoms with E-state index in [1.54, 1.807) is 42.5 Å². The van der Waals surface area contributed by atoms with E-state index in [4.69, 9.17) is 0 Å². The summed E-state index contributed by atoms with van der Waals surface area (Å²) in [6.45, 7) is 2.37. The van der Waals surface area contributed by atoms with Gasteiger partial charge < -0.3 is 21.1 Å². The van der Waals surface area contributed by atoms with Crippen LogP contribution in [0.15, 0.2) is 64.5 Å². The van der Waals surface area contributed by atoms with Crippen molar-refractivity contribution in [3.63, 3.8) is 0 Å². The van der Waals surface area contributed by atoms with Gasteiger partial charge in [-0.15, -0.1) is 11.8 Å². The van der Waals surface area contributed by atoms with E-state index >= 15 is 0 Å². The Labute approximate surface area is 244 Å². The molecule has 0 radical (unpaired) electrons. The Balaban J connectivity index is 1.28. The number of carboxylic acids is 1. The number of hydrogen-bond acceptors (Lipinski definition) is 9. The van der Waals surface area contributed by atoms with Crippen molar-refractivity contribution < 1.29 is 27.9 Å². The summed E-state index contributed by atoms with van der Waals surface area (Å²) in [6, 6.07) is 12.7. The van der Waals surface area contributed by atoms with Gasteiger partial charge in [-0.05, 0) is 36.1 Å². The van der Waals surface area contributed by atoms with Crippen LogP contribution in [-0.4, -0.2) is 84.8 Å². The first-order valence-corrected chi connectivity index (χ1v) is 16.1. The van der Waals surface area contributed by atoms with Gasteiger partial charge in [-0.2, -0.15) is 4.31 Å². The molecular weight excluding hydrogens is 566 g/mol. The SMILES string of the molecule is O=C(CCCNC1=NCCCN1)Cc1ccc(C[C@H](NC(=O)[C@@H]2CSCN2S(=O)(=O)c2ccccc2)C(=O)O)cc1. The van der Waals surface area contributed by atoms with Gasteiger partial charge in [-0.1, -0.05) is 42.5 Å². The highest BCUT2D eigenvalue weighted by molar-refractivity contribution is 8.00. The summed E-state index contributed by atoms with van der Waals surface area (Å²) in [6.07, 6.45) is 2.45. The van der Waals surface area contributed by atoms with Crippen molar-refractivity contribution in [1.29, 1.82) is 0 Å². The number of nitrogens with one attached hydrogen (secondary N) is 3. The number of hydrogen-bond donors (Lipinski definition) is 4. The molecule has 2 atom stereocenters. The van der Waals surface area contributed by atoms with Crippen LogP contribution in [0, 0.1) is 0 Å². The number of ketones is 1. The average molecular weight is 602 g/mol. The Kier molecular flexibility index (Phi) is 10.8. The quantitative estimate of drug-likeness (QED) is 0.249. The first-order chi connectivity index (χ1) is 19.7. The highest BCUT2D eigenvalue weighted by atomic mass is 32.2. The highest BCUT2D eigenvalue weighted by Crippen LogP contribution is 2.28. The maximum absolute atomic E-state index is 13.1. The zero-order chi connectivity index (χ0) is 29.2. The van der Waals surface area contributed by atoms with E-state index in [1.165, 1.54) is 23.9 Å². The predicted molar refractivity (Wildman–Crippen MR) is 157 cm³/mol. The summed E-state index contributed by atoms with van der Waals surface area (Å²) in [4.78, 5) is 41.9. The van der Waals surface area contributed by atoms with Crippen molar-refractivity contribution in [3.8, 4) is 0 Å². The lowest BCUT2D eigenvalue weighted by Gasteiger charge is -2.24. The number of Topliss-reactive ketones (excluding diaryl/α,β-unsaturated/α-hetero) is 1. The summed E-state index contributed by atoms with van der Waals surface area (Å²) in [5.74, 6) is -0.635. The monoisotopic (exact) mass is 601 g/mol. The topological polar surface area (TPSA) is 157 Å². The molecule has 0 aliphatic carbocycles. The molecule has 1 amide bonds. The van der Waals surface area contributed by atoms with Gasteiger partial charge >= 0.3 is 5.97 Å². The van der Waals surface area contributed by atoms with Crippen molar-refractivity contribution in [3.05, 3.63) is 65.7 Å². The molecule has 0 bridgehead atoms. The summed E-state index contributed by atoms with van der Waals surface area (Å²) in [7, 11) is -3.91. The smallest absolute Gasteiger partial charge is 0.326 e. The highest BCUT2D eigenvalue weighted by Gasteiger charge is 2.41. The second kappa shape index (κ2) is 14.5. The molecule has 0 aromatic heterocycles. The van der Waals surface area contributed by atoms with E-state index in [1.807, 2.05) is 0 Å². The third-order valence-electron chi connectivity index (χ3n) is 6.80. The lowest BCUT2D eigenvalue weighted by Crippen LogP contribution is -2.52. The van der Waals surface area contributed by atoms with Gasteiger partial charge in [0.15, 0.2) is 5.96 Å². The Bertz CT molecular complexity index is 1350. The van der Waals surface area contributed by atoms with Crippen LogP contribution in [-0.2, 0) is 37.2 Å². The lowest BCUT2D eigenvalue weighted by atomic mass is 10.0. The minimum absolute atomic E-state index is 0.0180. The van der Waals surface area contributed by atoms with Crippen LogP contribution >= 0.6 is 11.8 Å². The second-order valence-corrected chi connectivity index (χ2v) is 12.8. The van der Waals surface area contributed by atoms with Crippen LogP contribution in [0.3, 0.4) is 0 Å². The van der Waals surface area contributed by atoms with E-state index in [-0.39, 0.29) is 35.2 Å². The van der Waals surface area contributed by atoms with E-state index in [9.17, 15) is 27.9 Å². The van der Waals surface area contributed by atoms with Crippen LogP contribution < -0.4 is 16.0 Å². The maximum atomic E-state index is 13.1. The minimum atomic E-state index is -3.91. The maximum Gasteiger partial charge on any atom is 0.326 e. The zero-order valence-corrected chi connectivity index (χ0v) is 24.3. The number of guanidine groups is 1. The first kappa shape index (κ1) is 30.5. The summed E-state index contributed by atoms with van der Waals surface area (Å²) in [5.41, 5.74) is 1.50. The number of carbonyl (C=O) groups is 3. The molecule has 11 nitrogen and oxygen atoms in total. The largest absolute Gasteiger partial charge is 0.480 e. The molecule has 1 saturated heterocycles. The van der Waals surface area contributed by atoms with E-state index in [0.29, 0.717) is 24.9 Å². The molecule has 13 heteroatoms. The molecule has 220 valence electrons. The van der Waals surface area contributed by atoms with Gasteiger partial charge in [0.1, 0.15) is 17.9 Å². The zero-order valence-electron chi connectivity index (χ0n) is 22.6. The number of aliphatic carboxylic acids is 1. The average Bonchev–Trinajstić information content (AvgIpc) is 3.48. The minimum Gasteiger partial charge on any atom is -0.480 e. The van der Waals surface area contributed by atoms with Crippen molar-refractivity contribution in [1.82, 2.24) is 20.3 Å². The number of rotatable bonds is 13. The number of sulfonamides is 1. The molecule has 2 aromatic rings. The number of carbonyl (C=O) groups excluding carboxylic acids is 2. The number of benzene rings is 2. The van der Waals surface area contributed by atoms with Gasteiger partial charge in [0.2, 0.25) is 15.9 Å². The van der Waals surface area contributed by atoms with Gasteiger partial charge in [-0.25, -0.2) is 13.2 Å². The fraction of sp³-hybridized carbons (Fsp3) is 0.429. The molecule has 2 aliphatic heterocycles. The Morgan fingerprint density at radius 3 is 2.51 bits per heavy atom. The third kappa shape index (κ3) is 8.54. The normalized spacial score (nSPS) is 18.1. The Hall–Kier alpha value is -3.42. The molecular formula is C28H35N5O6S2. The number of thioether (sulfide) groups is 1. The van der Waals surface area contributed by atoms with Crippen LogP contribution in [0.1, 0.15) is 30.4 Å². The fourth-order valence-corrected chi connectivity index (χ4v) is 7.73. The number of nitrogens with zero attached hydrogens (tertiary/aromatic N) is 2. The summed E-state index contributed by atoms with van der Waals surface area (Å²) < 4.78 is 27.3. The van der Waals surface area contributed by atoms with E-state index < -0.39 is 34.0 Å². The first-order valence-electron chi connectivity index (χ1n) is 13.5. The number of aliphatic imine (C=N–C) groups is 1. The van der Waals surface area contributed by atoms with Crippen LogP contribution in [0.5, 0.6) is 0 Å². The predicted octanol–water partition coefficient (Wildman–Crippen LogP) is 1.39. The van der Waals surface area contributed by atoms with Gasteiger partial charge in [-0.3, -0.25) is 14.6 Å². The van der Waals surface area contributed by atoms with Crippen molar-refractivity contribution in [2.24, 2.45) is 4.99 Å². The second-order valence-electron chi connectivity index (χ2n) is 9.90. The molecule has 4 rings (SSSR count). The van der Waals surface area contributed by atoms with Crippen molar-refractivity contribution in [2.45, 2.75) is 49.1 Å². The Morgan fingerprint density at radius 2 is 1.83 bits per heavy atom. The van der Waals surface area contributed by atoms with E-state index in [2.05, 4.69) is 20.9 Å². The Morgan fingerprint density at radius 1 is 1.10 bits per heavy atom. The van der Waals surface area contributed by atoms with Crippen LogP contribution in [0.4, 0.5) is 0 Å². The molecule has 4 N–H and O–H groups in total. The molecule has 1 fully saturated rings. The lowest BCUT2D eigenvalue weighted by molar-refractivity contribution is -0.142. The third-order valence-corrected chi connectivity index (χ3v) is 9.84. The molecule has 0 spiro atoms. The van der Waals surface area contributed by atoms with Gasteiger partial charge in [0.05, 0.1) is 10.8 Å². The molecule has 41 heavy (non-hydrogen) atoms. The molecule has 2 aromatic carbocycles.